The molecule has 1 aromatic rings. The fourth-order valence-corrected chi connectivity index (χ4v) is 3.30. The number of sulfone groups is 1. The molecule has 3 nitrogen and oxygen atoms in total. The highest BCUT2D eigenvalue weighted by Crippen LogP contribution is 2.20. The molecule has 2 N–H and O–H groups in total. The minimum atomic E-state index is -3.14. The fraction of sp³-hybridized carbons (Fsp3) is 0.455. The SMILES string of the molecule is CCSc1ccc(S(=O)(=O)CCCN)cc1. The van der Waals surface area contributed by atoms with E-state index in [-0.39, 0.29) is 5.75 Å². The molecule has 0 aliphatic rings. The minimum Gasteiger partial charge on any atom is -0.330 e. The van der Waals surface area contributed by atoms with E-state index < -0.39 is 9.84 Å². The fourth-order valence-electron chi connectivity index (χ4n) is 1.30. The Kier molecular flexibility index (Phi) is 5.31. The van der Waals surface area contributed by atoms with E-state index >= 15 is 0 Å². The molecule has 0 spiro atoms. The first-order valence-electron chi connectivity index (χ1n) is 5.26. The number of rotatable bonds is 6. The van der Waals surface area contributed by atoms with Crippen LogP contribution in [0.25, 0.3) is 0 Å². The standard InChI is InChI=1S/C11H17NO2S2/c1-2-15-10-4-6-11(7-5-10)16(13,14)9-3-8-12/h4-7H,2-3,8-9,12H2,1H3. The van der Waals surface area contributed by atoms with Crippen molar-refractivity contribution in [3.05, 3.63) is 24.3 Å². The molecule has 0 saturated carbocycles. The molecule has 1 rings (SSSR count). The van der Waals surface area contributed by atoms with Gasteiger partial charge in [-0.25, -0.2) is 8.42 Å². The maximum absolute atomic E-state index is 11.8. The van der Waals surface area contributed by atoms with Gasteiger partial charge in [0.25, 0.3) is 0 Å². The van der Waals surface area contributed by atoms with Crippen LogP contribution in [0.2, 0.25) is 0 Å². The van der Waals surface area contributed by atoms with Gasteiger partial charge < -0.3 is 5.73 Å². The van der Waals surface area contributed by atoms with Gasteiger partial charge in [-0.2, -0.15) is 0 Å². The van der Waals surface area contributed by atoms with Gasteiger partial charge in [0.05, 0.1) is 10.6 Å². The summed E-state index contributed by atoms with van der Waals surface area (Å²) >= 11 is 1.70. The molecule has 1 aromatic carbocycles. The van der Waals surface area contributed by atoms with Crippen LogP contribution in [-0.4, -0.2) is 26.5 Å². The highest BCUT2D eigenvalue weighted by atomic mass is 32.2. The van der Waals surface area contributed by atoms with E-state index in [0.29, 0.717) is 17.9 Å². The molecule has 0 unspecified atom stereocenters. The molecule has 0 aromatic heterocycles. The molecule has 0 saturated heterocycles. The number of benzene rings is 1. The van der Waals surface area contributed by atoms with Gasteiger partial charge in [0.15, 0.2) is 9.84 Å². The number of hydrogen-bond acceptors (Lipinski definition) is 4. The van der Waals surface area contributed by atoms with Crippen molar-refractivity contribution in [1.82, 2.24) is 0 Å². The lowest BCUT2D eigenvalue weighted by Gasteiger charge is -2.04. The Balaban J connectivity index is 2.80. The molecule has 5 heteroatoms. The Morgan fingerprint density at radius 3 is 2.38 bits per heavy atom. The molecule has 0 aliphatic carbocycles. The van der Waals surface area contributed by atoms with E-state index in [0.717, 1.165) is 10.6 Å². The van der Waals surface area contributed by atoms with Gasteiger partial charge in [-0.15, -0.1) is 11.8 Å². The van der Waals surface area contributed by atoms with Crippen LogP contribution in [0.3, 0.4) is 0 Å². The molecule has 0 radical (unpaired) electrons. The number of hydrogen-bond donors (Lipinski definition) is 1. The summed E-state index contributed by atoms with van der Waals surface area (Å²) < 4.78 is 23.6. The van der Waals surface area contributed by atoms with Crippen molar-refractivity contribution in [2.24, 2.45) is 5.73 Å². The second-order valence-corrected chi connectivity index (χ2v) is 6.81. The van der Waals surface area contributed by atoms with E-state index in [1.54, 1.807) is 23.9 Å². The van der Waals surface area contributed by atoms with Crippen LogP contribution in [0.5, 0.6) is 0 Å². The van der Waals surface area contributed by atoms with Crippen LogP contribution in [0.4, 0.5) is 0 Å². The first-order chi connectivity index (χ1) is 7.60. The highest BCUT2D eigenvalue weighted by Gasteiger charge is 2.13. The van der Waals surface area contributed by atoms with Crippen LogP contribution in [-0.2, 0) is 9.84 Å². The second-order valence-electron chi connectivity index (χ2n) is 3.37. The average molecular weight is 259 g/mol. The zero-order valence-electron chi connectivity index (χ0n) is 9.35. The largest absolute Gasteiger partial charge is 0.330 e. The van der Waals surface area contributed by atoms with E-state index in [9.17, 15) is 8.42 Å². The lowest BCUT2D eigenvalue weighted by molar-refractivity contribution is 0.593. The summed E-state index contributed by atoms with van der Waals surface area (Å²) in [6.45, 7) is 2.47. The first kappa shape index (κ1) is 13.5. The van der Waals surface area contributed by atoms with Gasteiger partial charge in [0.2, 0.25) is 0 Å². The molecule has 0 amide bonds. The van der Waals surface area contributed by atoms with E-state index in [4.69, 9.17) is 5.73 Å². The Morgan fingerprint density at radius 2 is 1.88 bits per heavy atom. The summed E-state index contributed by atoms with van der Waals surface area (Å²) in [6, 6.07) is 7.04. The van der Waals surface area contributed by atoms with Crippen molar-refractivity contribution < 1.29 is 8.42 Å². The molecule has 0 heterocycles. The van der Waals surface area contributed by atoms with Crippen LogP contribution in [0, 0.1) is 0 Å². The number of nitrogens with two attached hydrogens (primary N) is 1. The van der Waals surface area contributed by atoms with Crippen LogP contribution in [0.15, 0.2) is 34.1 Å². The Labute approximate surface area is 101 Å². The van der Waals surface area contributed by atoms with Crippen molar-refractivity contribution in [2.75, 3.05) is 18.1 Å². The molecule has 16 heavy (non-hydrogen) atoms. The lowest BCUT2D eigenvalue weighted by Crippen LogP contribution is -2.11. The van der Waals surface area contributed by atoms with Gasteiger partial charge in [-0.1, -0.05) is 6.92 Å². The van der Waals surface area contributed by atoms with Gasteiger partial charge in [-0.05, 0) is 43.0 Å². The van der Waals surface area contributed by atoms with Crippen LogP contribution >= 0.6 is 11.8 Å². The van der Waals surface area contributed by atoms with E-state index in [1.165, 1.54) is 0 Å². The van der Waals surface area contributed by atoms with Gasteiger partial charge in [0, 0.05) is 4.90 Å². The molecule has 90 valence electrons. The normalized spacial score (nSPS) is 11.6. The Hall–Kier alpha value is -0.520. The quantitative estimate of drug-likeness (QED) is 0.793. The average Bonchev–Trinajstić information content (AvgIpc) is 2.28. The first-order valence-corrected chi connectivity index (χ1v) is 7.89. The highest BCUT2D eigenvalue weighted by molar-refractivity contribution is 7.99. The van der Waals surface area contributed by atoms with Gasteiger partial charge >= 0.3 is 0 Å². The molecule has 0 fully saturated rings. The van der Waals surface area contributed by atoms with Crippen molar-refractivity contribution in [2.45, 2.75) is 23.1 Å². The second kappa shape index (κ2) is 6.27. The lowest BCUT2D eigenvalue weighted by atomic mass is 10.4. The summed E-state index contributed by atoms with van der Waals surface area (Å²) in [5.41, 5.74) is 5.31. The van der Waals surface area contributed by atoms with Gasteiger partial charge in [0.1, 0.15) is 0 Å². The summed E-state index contributed by atoms with van der Waals surface area (Å²) in [5, 5.41) is 0. The predicted molar refractivity (Wildman–Crippen MR) is 68.6 cm³/mol. The van der Waals surface area contributed by atoms with Crippen LogP contribution < -0.4 is 5.73 Å². The van der Waals surface area contributed by atoms with Crippen molar-refractivity contribution in [3.8, 4) is 0 Å². The zero-order chi connectivity index (χ0) is 12.0. The smallest absolute Gasteiger partial charge is 0.178 e. The minimum absolute atomic E-state index is 0.129. The molecular formula is C11H17NO2S2. The predicted octanol–water partition coefficient (Wildman–Crippen LogP) is 1.92. The van der Waals surface area contributed by atoms with Crippen molar-refractivity contribution >= 4 is 21.6 Å². The monoisotopic (exact) mass is 259 g/mol. The molecule has 0 aliphatic heterocycles. The van der Waals surface area contributed by atoms with Crippen LogP contribution in [0.1, 0.15) is 13.3 Å². The third kappa shape index (κ3) is 3.81. The third-order valence-electron chi connectivity index (χ3n) is 2.11. The van der Waals surface area contributed by atoms with Crippen molar-refractivity contribution in [3.63, 3.8) is 0 Å². The van der Waals surface area contributed by atoms with E-state index in [1.807, 2.05) is 12.1 Å². The molecule has 0 atom stereocenters. The summed E-state index contributed by atoms with van der Waals surface area (Å²) in [5.74, 6) is 1.11. The third-order valence-corrected chi connectivity index (χ3v) is 4.82. The molecule has 0 bridgehead atoms. The number of thioether (sulfide) groups is 1. The van der Waals surface area contributed by atoms with Gasteiger partial charge in [-0.3, -0.25) is 0 Å². The van der Waals surface area contributed by atoms with E-state index in [2.05, 4.69) is 6.92 Å². The van der Waals surface area contributed by atoms with Crippen molar-refractivity contribution in [1.29, 1.82) is 0 Å². The zero-order valence-corrected chi connectivity index (χ0v) is 11.0. The topological polar surface area (TPSA) is 60.2 Å². The maximum atomic E-state index is 11.8. The summed E-state index contributed by atoms with van der Waals surface area (Å²) in [7, 11) is -3.14. The maximum Gasteiger partial charge on any atom is 0.178 e. The molecular weight excluding hydrogens is 242 g/mol. The Bertz CT molecular complexity index is 412. The Morgan fingerprint density at radius 1 is 1.25 bits per heavy atom. The summed E-state index contributed by atoms with van der Waals surface area (Å²) in [6.07, 6.45) is 0.508. The summed E-state index contributed by atoms with van der Waals surface area (Å²) in [4.78, 5) is 1.49.